The lowest BCUT2D eigenvalue weighted by atomic mass is 9.95. The van der Waals surface area contributed by atoms with Gasteiger partial charge in [0.2, 0.25) is 0 Å². The zero-order valence-electron chi connectivity index (χ0n) is 15.2. The molecule has 1 saturated heterocycles. The van der Waals surface area contributed by atoms with Crippen molar-refractivity contribution in [2.24, 2.45) is 0 Å². The Hall–Kier alpha value is -2.27. The lowest BCUT2D eigenvalue weighted by Gasteiger charge is -2.25. The predicted molar refractivity (Wildman–Crippen MR) is 103 cm³/mol. The van der Waals surface area contributed by atoms with E-state index in [9.17, 15) is 10.2 Å². The van der Waals surface area contributed by atoms with Crippen LogP contribution in [0.5, 0.6) is 0 Å². The summed E-state index contributed by atoms with van der Waals surface area (Å²) in [5.41, 5.74) is 8.05. The van der Waals surface area contributed by atoms with Crippen LogP contribution in [0.3, 0.4) is 0 Å². The Morgan fingerprint density at radius 2 is 2.03 bits per heavy atom. The molecule has 0 spiro atoms. The van der Waals surface area contributed by atoms with Crippen LogP contribution in [-0.2, 0) is 20.8 Å². The highest BCUT2D eigenvalue weighted by molar-refractivity contribution is 6.30. The maximum atomic E-state index is 10.8. The molecule has 29 heavy (non-hydrogen) atoms. The van der Waals surface area contributed by atoms with Crippen LogP contribution >= 0.6 is 11.6 Å². The molecule has 2 aromatic heterocycles. The number of fused-ring (bicyclic) bond motifs is 2. The minimum atomic E-state index is -1.20. The molecule has 1 fully saturated rings. The van der Waals surface area contributed by atoms with Gasteiger partial charge in [0.25, 0.3) is 0 Å². The van der Waals surface area contributed by atoms with Crippen LogP contribution in [0.15, 0.2) is 36.8 Å². The SMILES string of the molecule is Nc1ncnc2c1ccn2C1O[C@H]([C@@H]2OCOCc3cc(Cl)ccc32)[C@@H](O)[C@H]1O. The highest BCUT2D eigenvalue weighted by Gasteiger charge is 2.49. The van der Waals surface area contributed by atoms with Crippen molar-refractivity contribution in [2.75, 3.05) is 12.5 Å². The predicted octanol–water partition coefficient (Wildman–Crippen LogP) is 1.53. The van der Waals surface area contributed by atoms with Crippen LogP contribution in [0.2, 0.25) is 5.02 Å². The van der Waals surface area contributed by atoms with Gasteiger partial charge in [0, 0.05) is 11.2 Å². The molecule has 2 aliphatic heterocycles. The van der Waals surface area contributed by atoms with E-state index in [0.29, 0.717) is 28.5 Å². The fraction of sp³-hybridized carbons (Fsp3) is 0.368. The first kappa shape index (κ1) is 18.7. The van der Waals surface area contributed by atoms with Crippen LogP contribution < -0.4 is 5.73 Å². The Morgan fingerprint density at radius 1 is 1.17 bits per heavy atom. The van der Waals surface area contributed by atoms with Crippen molar-refractivity contribution in [1.82, 2.24) is 14.5 Å². The number of benzene rings is 1. The first-order valence-corrected chi connectivity index (χ1v) is 9.48. The van der Waals surface area contributed by atoms with E-state index in [1.165, 1.54) is 6.33 Å². The van der Waals surface area contributed by atoms with Gasteiger partial charge in [0.15, 0.2) is 6.23 Å². The van der Waals surface area contributed by atoms with Gasteiger partial charge in [-0.1, -0.05) is 17.7 Å². The molecule has 4 N–H and O–H groups in total. The number of aliphatic hydroxyl groups excluding tert-OH is 2. The van der Waals surface area contributed by atoms with Gasteiger partial charge in [0.05, 0.1) is 12.0 Å². The van der Waals surface area contributed by atoms with Crippen molar-refractivity contribution in [2.45, 2.75) is 37.3 Å². The van der Waals surface area contributed by atoms with Crippen LogP contribution in [0.4, 0.5) is 5.82 Å². The van der Waals surface area contributed by atoms with E-state index in [-0.39, 0.29) is 6.79 Å². The molecule has 3 aromatic rings. The molecule has 1 aromatic carbocycles. The summed E-state index contributed by atoms with van der Waals surface area (Å²) in [4.78, 5) is 8.21. The molecule has 10 heteroatoms. The highest BCUT2D eigenvalue weighted by Crippen LogP contribution is 2.41. The lowest BCUT2D eigenvalue weighted by Crippen LogP contribution is -2.36. The van der Waals surface area contributed by atoms with Crippen LogP contribution in [0, 0.1) is 0 Å². The van der Waals surface area contributed by atoms with Gasteiger partial charge in [-0.15, -0.1) is 0 Å². The second-order valence-corrected chi connectivity index (χ2v) is 7.52. The smallest absolute Gasteiger partial charge is 0.164 e. The summed E-state index contributed by atoms with van der Waals surface area (Å²) in [5, 5.41) is 22.7. The largest absolute Gasteiger partial charge is 0.387 e. The number of hydrogen-bond donors (Lipinski definition) is 3. The average Bonchev–Trinajstić information content (AvgIpc) is 3.18. The molecular formula is C19H19ClN4O5. The van der Waals surface area contributed by atoms with E-state index in [1.54, 1.807) is 29.0 Å². The monoisotopic (exact) mass is 418 g/mol. The highest BCUT2D eigenvalue weighted by atomic mass is 35.5. The topological polar surface area (TPSA) is 125 Å². The summed E-state index contributed by atoms with van der Waals surface area (Å²) in [6.07, 6.45) is -1.68. The van der Waals surface area contributed by atoms with Gasteiger partial charge in [0.1, 0.15) is 49.0 Å². The van der Waals surface area contributed by atoms with E-state index >= 15 is 0 Å². The molecule has 1 unspecified atom stereocenters. The van der Waals surface area contributed by atoms with Gasteiger partial charge in [-0.25, -0.2) is 9.97 Å². The molecule has 5 rings (SSSR count). The molecule has 9 nitrogen and oxygen atoms in total. The molecule has 152 valence electrons. The number of anilines is 1. The fourth-order valence-electron chi connectivity index (χ4n) is 3.97. The number of hydrogen-bond acceptors (Lipinski definition) is 8. The maximum absolute atomic E-state index is 10.8. The third-order valence-electron chi connectivity index (χ3n) is 5.39. The number of ether oxygens (including phenoxy) is 3. The molecule has 0 radical (unpaired) electrons. The van der Waals surface area contributed by atoms with Crippen molar-refractivity contribution < 1.29 is 24.4 Å². The Balaban J connectivity index is 1.51. The zero-order chi connectivity index (χ0) is 20.1. The second kappa shape index (κ2) is 7.21. The minimum absolute atomic E-state index is 0.0283. The molecule has 5 atom stereocenters. The quantitative estimate of drug-likeness (QED) is 0.572. The standard InChI is InChI=1S/C19H19ClN4O5/c20-10-1-2-11-9(5-10)6-27-8-28-15(11)16-13(25)14(26)19(29-16)24-4-3-12-17(21)22-7-23-18(12)24/h1-5,7,13-16,19,25-26H,6,8H2,(H2,21,22,23)/t13-,14+,15+,16-,19?/m0/s1. The summed E-state index contributed by atoms with van der Waals surface area (Å²) in [6, 6.07) is 7.11. The zero-order valence-corrected chi connectivity index (χ0v) is 15.9. The van der Waals surface area contributed by atoms with E-state index in [2.05, 4.69) is 9.97 Å². The third-order valence-corrected chi connectivity index (χ3v) is 5.62. The molecule has 0 saturated carbocycles. The number of nitrogen functional groups attached to an aromatic ring is 1. The fourth-order valence-corrected chi connectivity index (χ4v) is 4.17. The van der Waals surface area contributed by atoms with E-state index in [0.717, 1.165) is 11.1 Å². The van der Waals surface area contributed by atoms with Crippen molar-refractivity contribution in [1.29, 1.82) is 0 Å². The third kappa shape index (κ3) is 3.07. The minimum Gasteiger partial charge on any atom is -0.387 e. The summed E-state index contributed by atoms with van der Waals surface area (Å²) in [6.45, 7) is 0.361. The molecule has 0 aliphatic carbocycles. The molecule has 2 aliphatic rings. The van der Waals surface area contributed by atoms with E-state index in [4.69, 9.17) is 31.5 Å². The molecule has 4 heterocycles. The molecule has 0 bridgehead atoms. The number of halogens is 1. The Kier molecular flexibility index (Phi) is 4.66. The van der Waals surface area contributed by atoms with Crippen molar-refractivity contribution in [3.05, 3.63) is 52.9 Å². The summed E-state index contributed by atoms with van der Waals surface area (Å²) < 4.78 is 19.1. The number of aliphatic hydroxyl groups is 2. The summed E-state index contributed by atoms with van der Waals surface area (Å²) in [5.74, 6) is 0.327. The van der Waals surface area contributed by atoms with Crippen LogP contribution in [0.1, 0.15) is 23.5 Å². The van der Waals surface area contributed by atoms with Crippen LogP contribution in [0.25, 0.3) is 11.0 Å². The summed E-state index contributed by atoms with van der Waals surface area (Å²) in [7, 11) is 0. The molecule has 0 amide bonds. The first-order valence-electron chi connectivity index (χ1n) is 9.11. The van der Waals surface area contributed by atoms with Crippen molar-refractivity contribution in [3.63, 3.8) is 0 Å². The lowest BCUT2D eigenvalue weighted by molar-refractivity contribution is -0.151. The van der Waals surface area contributed by atoms with Gasteiger partial charge in [-0.05, 0) is 29.3 Å². The Labute approximate surface area is 170 Å². The van der Waals surface area contributed by atoms with Crippen LogP contribution in [-0.4, -0.2) is 49.9 Å². The van der Waals surface area contributed by atoms with Crippen molar-refractivity contribution >= 4 is 28.5 Å². The van der Waals surface area contributed by atoms with Crippen molar-refractivity contribution in [3.8, 4) is 0 Å². The average molecular weight is 419 g/mol. The van der Waals surface area contributed by atoms with Gasteiger partial charge < -0.3 is 34.7 Å². The van der Waals surface area contributed by atoms with Gasteiger partial charge in [-0.2, -0.15) is 0 Å². The van der Waals surface area contributed by atoms with Gasteiger partial charge in [-0.3, -0.25) is 0 Å². The Bertz CT molecular complexity index is 1060. The maximum Gasteiger partial charge on any atom is 0.164 e. The summed E-state index contributed by atoms with van der Waals surface area (Å²) >= 11 is 6.11. The first-order chi connectivity index (χ1) is 14.0. The van der Waals surface area contributed by atoms with Gasteiger partial charge >= 0.3 is 0 Å². The number of aromatic nitrogens is 3. The normalized spacial score (nSPS) is 29.7. The van der Waals surface area contributed by atoms with E-state index in [1.807, 2.05) is 6.07 Å². The number of nitrogens with two attached hydrogens (primary N) is 1. The Morgan fingerprint density at radius 3 is 2.90 bits per heavy atom. The number of nitrogens with zero attached hydrogens (tertiary/aromatic N) is 3. The molecular weight excluding hydrogens is 400 g/mol. The second-order valence-electron chi connectivity index (χ2n) is 7.09. The van der Waals surface area contributed by atoms with E-state index < -0.39 is 30.6 Å². The number of rotatable bonds is 2.